The number of rotatable bonds is 2. The van der Waals surface area contributed by atoms with Gasteiger partial charge in [-0.05, 0) is 38.7 Å². The molecule has 0 bridgehead atoms. The van der Waals surface area contributed by atoms with E-state index < -0.39 is 0 Å². The minimum atomic E-state index is 0.601. The quantitative estimate of drug-likeness (QED) is 0.717. The molecule has 3 aromatic rings. The largest absolute Gasteiger partial charge is 0.355 e. The Labute approximate surface area is 133 Å². The maximum atomic E-state index is 4.86. The molecule has 0 N–H and O–H groups in total. The summed E-state index contributed by atoms with van der Waals surface area (Å²) in [7, 11) is 0. The molecular formula is C17H18N4S. The molecule has 0 aromatic carbocycles. The van der Waals surface area contributed by atoms with Crippen molar-refractivity contribution < 1.29 is 0 Å². The van der Waals surface area contributed by atoms with Crippen molar-refractivity contribution in [1.29, 1.82) is 0 Å². The van der Waals surface area contributed by atoms with Gasteiger partial charge >= 0.3 is 0 Å². The maximum absolute atomic E-state index is 4.86. The zero-order valence-electron chi connectivity index (χ0n) is 12.7. The molecule has 112 valence electrons. The lowest BCUT2D eigenvalue weighted by atomic mass is 10.2. The van der Waals surface area contributed by atoms with Gasteiger partial charge in [0.05, 0.1) is 10.4 Å². The second-order valence-corrected chi connectivity index (χ2v) is 7.43. The van der Waals surface area contributed by atoms with Crippen LogP contribution in [0.2, 0.25) is 0 Å². The van der Waals surface area contributed by atoms with Gasteiger partial charge in [-0.2, -0.15) is 0 Å². The summed E-state index contributed by atoms with van der Waals surface area (Å²) in [6.45, 7) is 4.37. The average Bonchev–Trinajstić information content (AvgIpc) is 3.09. The molecule has 0 radical (unpaired) electrons. The van der Waals surface area contributed by atoms with E-state index in [4.69, 9.17) is 9.97 Å². The van der Waals surface area contributed by atoms with Gasteiger partial charge in [0.1, 0.15) is 16.5 Å². The van der Waals surface area contributed by atoms with Gasteiger partial charge in [0.15, 0.2) is 0 Å². The molecule has 1 aliphatic heterocycles. The van der Waals surface area contributed by atoms with E-state index in [1.165, 1.54) is 41.2 Å². The summed E-state index contributed by atoms with van der Waals surface area (Å²) in [5.74, 6) is 2.79. The van der Waals surface area contributed by atoms with Crippen molar-refractivity contribution in [3.8, 4) is 0 Å². The molecule has 1 aliphatic carbocycles. The summed E-state index contributed by atoms with van der Waals surface area (Å²) in [5, 5.41) is 2.50. The van der Waals surface area contributed by atoms with Crippen LogP contribution in [-0.2, 0) is 0 Å². The smallest absolute Gasteiger partial charge is 0.146 e. The van der Waals surface area contributed by atoms with E-state index in [1.807, 2.05) is 6.20 Å². The highest BCUT2D eigenvalue weighted by atomic mass is 32.1. The van der Waals surface area contributed by atoms with Crippen LogP contribution < -0.4 is 4.90 Å². The van der Waals surface area contributed by atoms with Crippen molar-refractivity contribution in [2.45, 2.75) is 38.5 Å². The van der Waals surface area contributed by atoms with Crippen LogP contribution >= 0.6 is 11.3 Å². The normalized spacial score (nSPS) is 18.7. The number of fused-ring (bicyclic) bond motifs is 3. The molecule has 1 saturated heterocycles. The van der Waals surface area contributed by atoms with E-state index in [9.17, 15) is 0 Å². The maximum Gasteiger partial charge on any atom is 0.146 e. The predicted octanol–water partition coefficient (Wildman–Crippen LogP) is 4.03. The van der Waals surface area contributed by atoms with E-state index in [0.717, 1.165) is 35.3 Å². The van der Waals surface area contributed by atoms with E-state index in [1.54, 1.807) is 11.3 Å². The molecule has 0 spiro atoms. The van der Waals surface area contributed by atoms with Gasteiger partial charge in [-0.25, -0.2) is 15.0 Å². The van der Waals surface area contributed by atoms with Gasteiger partial charge in [-0.3, -0.25) is 0 Å². The third-order valence-electron chi connectivity index (χ3n) is 4.78. The first-order valence-electron chi connectivity index (χ1n) is 8.12. The van der Waals surface area contributed by atoms with Crippen molar-refractivity contribution in [3.05, 3.63) is 23.8 Å². The Kier molecular flexibility index (Phi) is 2.68. The Hall–Kier alpha value is -1.75. The molecule has 5 heteroatoms. The molecule has 22 heavy (non-hydrogen) atoms. The third-order valence-corrected chi connectivity index (χ3v) is 5.87. The number of anilines is 1. The SMILES string of the molecule is Cc1nc(C2CC2)nc2sc3c(N4CCCC4)nccc3c12. The van der Waals surface area contributed by atoms with Gasteiger partial charge in [-0.1, -0.05) is 0 Å². The summed E-state index contributed by atoms with van der Waals surface area (Å²) in [6, 6.07) is 2.13. The van der Waals surface area contributed by atoms with Crippen molar-refractivity contribution >= 4 is 37.5 Å². The fourth-order valence-electron chi connectivity index (χ4n) is 3.46. The highest BCUT2D eigenvalue weighted by Crippen LogP contribution is 2.42. The van der Waals surface area contributed by atoms with Gasteiger partial charge in [0.25, 0.3) is 0 Å². The van der Waals surface area contributed by atoms with E-state index in [-0.39, 0.29) is 0 Å². The van der Waals surface area contributed by atoms with Gasteiger partial charge in [-0.15, -0.1) is 11.3 Å². The lowest BCUT2D eigenvalue weighted by molar-refractivity contribution is 0.933. The summed E-state index contributed by atoms with van der Waals surface area (Å²) in [4.78, 5) is 17.9. The van der Waals surface area contributed by atoms with Gasteiger partial charge < -0.3 is 4.90 Å². The highest BCUT2D eigenvalue weighted by Gasteiger charge is 2.28. The number of aromatic nitrogens is 3. The topological polar surface area (TPSA) is 41.9 Å². The molecule has 4 nitrogen and oxygen atoms in total. The van der Waals surface area contributed by atoms with Crippen LogP contribution in [0.5, 0.6) is 0 Å². The third kappa shape index (κ3) is 1.85. The molecule has 1 saturated carbocycles. The summed E-state index contributed by atoms with van der Waals surface area (Å²) in [5.41, 5.74) is 1.12. The summed E-state index contributed by atoms with van der Waals surface area (Å²) >= 11 is 1.79. The number of aryl methyl sites for hydroxylation is 1. The van der Waals surface area contributed by atoms with Crippen LogP contribution in [0.15, 0.2) is 12.3 Å². The summed E-state index contributed by atoms with van der Waals surface area (Å²) in [6.07, 6.45) is 6.98. The minimum Gasteiger partial charge on any atom is -0.355 e. The zero-order chi connectivity index (χ0) is 14.7. The molecular weight excluding hydrogens is 292 g/mol. The van der Waals surface area contributed by atoms with Crippen LogP contribution in [-0.4, -0.2) is 28.0 Å². The molecule has 3 aromatic heterocycles. The van der Waals surface area contributed by atoms with Gasteiger partial charge in [0, 0.05) is 36.0 Å². The molecule has 0 amide bonds. The number of hydrogen-bond acceptors (Lipinski definition) is 5. The zero-order valence-corrected chi connectivity index (χ0v) is 13.5. The lowest BCUT2D eigenvalue weighted by Gasteiger charge is -2.16. The number of thiophene rings is 1. The Morgan fingerprint density at radius 1 is 1.18 bits per heavy atom. The molecule has 5 rings (SSSR count). The summed E-state index contributed by atoms with van der Waals surface area (Å²) < 4.78 is 1.28. The first kappa shape index (κ1) is 12.8. The van der Waals surface area contributed by atoms with E-state index in [0.29, 0.717) is 5.92 Å². The standard InChI is InChI=1S/C17H18N4S/c1-10-13-12-6-7-18-16(21-8-2-3-9-21)14(12)22-17(13)20-15(19-10)11-4-5-11/h6-7,11H,2-5,8-9H2,1H3. The van der Waals surface area contributed by atoms with Crippen LogP contribution in [0.3, 0.4) is 0 Å². The second kappa shape index (κ2) is 4.62. The Bertz CT molecular complexity index is 875. The fraction of sp³-hybridized carbons (Fsp3) is 0.471. The number of nitrogens with zero attached hydrogens (tertiary/aromatic N) is 4. The Morgan fingerprint density at radius 2 is 2.00 bits per heavy atom. The lowest BCUT2D eigenvalue weighted by Crippen LogP contribution is -2.18. The average molecular weight is 310 g/mol. The number of pyridine rings is 1. The number of hydrogen-bond donors (Lipinski definition) is 0. The Balaban J connectivity index is 1.78. The van der Waals surface area contributed by atoms with Crippen molar-refractivity contribution in [1.82, 2.24) is 15.0 Å². The van der Waals surface area contributed by atoms with Crippen molar-refractivity contribution in [2.75, 3.05) is 18.0 Å². The van der Waals surface area contributed by atoms with E-state index >= 15 is 0 Å². The van der Waals surface area contributed by atoms with Crippen molar-refractivity contribution in [3.63, 3.8) is 0 Å². The van der Waals surface area contributed by atoms with Crippen LogP contribution in [0, 0.1) is 6.92 Å². The van der Waals surface area contributed by atoms with Crippen LogP contribution in [0.25, 0.3) is 20.3 Å². The van der Waals surface area contributed by atoms with E-state index in [2.05, 4.69) is 22.9 Å². The predicted molar refractivity (Wildman–Crippen MR) is 90.9 cm³/mol. The van der Waals surface area contributed by atoms with Crippen molar-refractivity contribution in [2.24, 2.45) is 0 Å². The minimum absolute atomic E-state index is 0.601. The first-order chi connectivity index (χ1) is 10.8. The monoisotopic (exact) mass is 310 g/mol. The first-order valence-corrected chi connectivity index (χ1v) is 8.93. The van der Waals surface area contributed by atoms with Gasteiger partial charge in [0.2, 0.25) is 0 Å². The van der Waals surface area contributed by atoms with Crippen LogP contribution in [0.1, 0.15) is 43.1 Å². The fourth-order valence-corrected chi connectivity index (χ4v) is 4.71. The second-order valence-electron chi connectivity index (χ2n) is 6.43. The molecule has 0 atom stereocenters. The molecule has 2 aliphatic rings. The molecule has 2 fully saturated rings. The highest BCUT2D eigenvalue weighted by molar-refractivity contribution is 7.26. The Morgan fingerprint density at radius 3 is 2.77 bits per heavy atom. The van der Waals surface area contributed by atoms with Crippen LogP contribution in [0.4, 0.5) is 5.82 Å². The molecule has 0 unspecified atom stereocenters. The molecule has 4 heterocycles.